The molecule has 2 aromatic rings. The molecule has 0 bridgehead atoms. The Labute approximate surface area is 152 Å². The minimum atomic E-state index is -1.02. The fraction of sp³-hybridized carbons (Fsp3) is 0.300. The summed E-state index contributed by atoms with van der Waals surface area (Å²) < 4.78 is 5.48. The van der Waals surface area contributed by atoms with Crippen LogP contribution in [0.1, 0.15) is 42.3 Å². The molecule has 138 valence electrons. The lowest BCUT2D eigenvalue weighted by Gasteiger charge is -2.24. The molecule has 0 aliphatic rings. The number of carboxylic acids is 1. The summed E-state index contributed by atoms with van der Waals surface area (Å²) in [5.74, 6) is -1.27. The Morgan fingerprint density at radius 2 is 1.73 bits per heavy atom. The van der Waals surface area contributed by atoms with Gasteiger partial charge in [0.1, 0.15) is 12.4 Å². The van der Waals surface area contributed by atoms with Crippen molar-refractivity contribution < 1.29 is 24.5 Å². The number of phenols is 1. The second kappa shape index (κ2) is 8.01. The number of hydrogen-bond acceptors (Lipinski definition) is 4. The molecule has 0 spiro atoms. The SMILES string of the molecule is CC(C)(C)c1cccc(C(=O)O)c1COCC(=O)Nc1ccc(O)cc1. The number of carboxylic acid groups (broad SMARTS) is 1. The van der Waals surface area contributed by atoms with E-state index in [2.05, 4.69) is 5.32 Å². The molecular formula is C20H23NO5. The van der Waals surface area contributed by atoms with Gasteiger partial charge in [-0.15, -0.1) is 0 Å². The number of carbonyl (C=O) groups is 2. The molecule has 0 radical (unpaired) electrons. The van der Waals surface area contributed by atoms with Crippen molar-refractivity contribution in [2.75, 3.05) is 11.9 Å². The molecule has 2 rings (SSSR count). The molecule has 1 amide bonds. The van der Waals surface area contributed by atoms with Crippen LogP contribution in [0, 0.1) is 0 Å². The number of aromatic carboxylic acids is 1. The van der Waals surface area contributed by atoms with Gasteiger partial charge in [0.25, 0.3) is 0 Å². The first-order chi connectivity index (χ1) is 12.2. The minimum absolute atomic E-state index is 0.0259. The Kier molecular flexibility index (Phi) is 6.00. The van der Waals surface area contributed by atoms with Crippen molar-refractivity contribution in [1.82, 2.24) is 0 Å². The van der Waals surface area contributed by atoms with Crippen molar-refractivity contribution >= 4 is 17.6 Å². The van der Waals surface area contributed by atoms with E-state index >= 15 is 0 Å². The smallest absolute Gasteiger partial charge is 0.336 e. The van der Waals surface area contributed by atoms with Crippen LogP contribution in [0.25, 0.3) is 0 Å². The monoisotopic (exact) mass is 357 g/mol. The lowest BCUT2D eigenvalue weighted by atomic mass is 9.82. The largest absolute Gasteiger partial charge is 0.508 e. The molecule has 26 heavy (non-hydrogen) atoms. The van der Waals surface area contributed by atoms with Crippen LogP contribution in [-0.2, 0) is 21.6 Å². The first-order valence-corrected chi connectivity index (χ1v) is 8.21. The van der Waals surface area contributed by atoms with Gasteiger partial charge in [-0.05, 0) is 46.9 Å². The normalized spacial score (nSPS) is 11.2. The van der Waals surface area contributed by atoms with Gasteiger partial charge < -0.3 is 20.3 Å². The van der Waals surface area contributed by atoms with Gasteiger partial charge >= 0.3 is 5.97 Å². The molecule has 3 N–H and O–H groups in total. The molecule has 0 unspecified atom stereocenters. The predicted molar refractivity (Wildman–Crippen MR) is 98.5 cm³/mol. The average Bonchev–Trinajstić information content (AvgIpc) is 2.56. The fourth-order valence-electron chi connectivity index (χ4n) is 2.63. The molecule has 0 aromatic heterocycles. The van der Waals surface area contributed by atoms with E-state index in [1.807, 2.05) is 26.8 Å². The summed E-state index contributed by atoms with van der Waals surface area (Å²) in [6, 6.07) is 11.2. The molecule has 2 aromatic carbocycles. The third-order valence-electron chi connectivity index (χ3n) is 3.85. The molecule has 0 heterocycles. The number of carbonyl (C=O) groups excluding carboxylic acids is 1. The summed E-state index contributed by atoms with van der Waals surface area (Å²) in [5, 5.41) is 21.3. The molecule has 0 aliphatic carbocycles. The Morgan fingerprint density at radius 1 is 1.08 bits per heavy atom. The number of rotatable bonds is 6. The van der Waals surface area contributed by atoms with Gasteiger partial charge in [0.05, 0.1) is 12.2 Å². The maximum absolute atomic E-state index is 12.0. The van der Waals surface area contributed by atoms with Crippen LogP contribution in [0.5, 0.6) is 5.75 Å². The van der Waals surface area contributed by atoms with Crippen molar-refractivity contribution in [3.63, 3.8) is 0 Å². The Morgan fingerprint density at radius 3 is 2.31 bits per heavy atom. The summed E-state index contributed by atoms with van der Waals surface area (Å²) >= 11 is 0. The Hall–Kier alpha value is -2.86. The van der Waals surface area contributed by atoms with Crippen LogP contribution in [0.3, 0.4) is 0 Å². The molecule has 0 aliphatic heterocycles. The molecule has 6 heteroatoms. The summed E-state index contributed by atoms with van der Waals surface area (Å²) in [4.78, 5) is 23.5. The lowest BCUT2D eigenvalue weighted by molar-refractivity contribution is -0.121. The molecular weight excluding hydrogens is 334 g/mol. The Bertz CT molecular complexity index is 791. The topological polar surface area (TPSA) is 95.9 Å². The van der Waals surface area contributed by atoms with E-state index in [0.717, 1.165) is 5.56 Å². The number of amides is 1. The number of anilines is 1. The molecule has 6 nitrogen and oxygen atoms in total. The summed E-state index contributed by atoms with van der Waals surface area (Å²) in [6.45, 7) is 5.80. The van der Waals surface area contributed by atoms with E-state index in [1.165, 1.54) is 18.2 Å². The van der Waals surface area contributed by atoms with E-state index in [0.29, 0.717) is 11.3 Å². The van der Waals surface area contributed by atoms with Crippen molar-refractivity contribution in [2.24, 2.45) is 0 Å². The standard InChI is InChI=1S/C20H23NO5/c1-20(2,3)17-6-4-5-15(19(24)25)16(17)11-26-12-18(23)21-13-7-9-14(22)10-8-13/h4-10,22H,11-12H2,1-3H3,(H,21,23)(H,24,25). The van der Waals surface area contributed by atoms with Gasteiger partial charge in [0.15, 0.2) is 0 Å². The third-order valence-corrected chi connectivity index (χ3v) is 3.85. The van der Waals surface area contributed by atoms with Crippen LogP contribution in [0.4, 0.5) is 5.69 Å². The molecule has 0 atom stereocenters. The maximum Gasteiger partial charge on any atom is 0.336 e. The van der Waals surface area contributed by atoms with Gasteiger partial charge in [0, 0.05) is 5.69 Å². The van der Waals surface area contributed by atoms with E-state index in [1.54, 1.807) is 18.2 Å². The van der Waals surface area contributed by atoms with E-state index < -0.39 is 5.97 Å². The van der Waals surface area contributed by atoms with Crippen molar-refractivity contribution in [3.05, 3.63) is 59.2 Å². The number of ether oxygens (including phenoxy) is 1. The number of phenolic OH excluding ortho intramolecular Hbond substituents is 1. The lowest BCUT2D eigenvalue weighted by Crippen LogP contribution is -2.21. The minimum Gasteiger partial charge on any atom is -0.508 e. The molecule has 0 fully saturated rings. The van der Waals surface area contributed by atoms with Crippen LogP contribution in [0.15, 0.2) is 42.5 Å². The van der Waals surface area contributed by atoms with Crippen molar-refractivity contribution in [2.45, 2.75) is 32.8 Å². The first kappa shape index (κ1) is 19.5. The summed E-state index contributed by atoms with van der Waals surface area (Å²) in [6.07, 6.45) is 0. The number of nitrogens with one attached hydrogen (secondary N) is 1. The highest BCUT2D eigenvalue weighted by atomic mass is 16.5. The fourth-order valence-corrected chi connectivity index (χ4v) is 2.63. The summed E-state index contributed by atoms with van der Waals surface area (Å²) in [5.41, 5.74) is 1.91. The van der Waals surface area contributed by atoms with Crippen molar-refractivity contribution in [3.8, 4) is 5.75 Å². The van der Waals surface area contributed by atoms with Crippen LogP contribution >= 0.6 is 0 Å². The third kappa shape index (κ3) is 5.07. The number of benzene rings is 2. The average molecular weight is 357 g/mol. The highest BCUT2D eigenvalue weighted by molar-refractivity contribution is 5.92. The number of hydrogen-bond donors (Lipinski definition) is 3. The van der Waals surface area contributed by atoms with Crippen LogP contribution in [-0.4, -0.2) is 28.7 Å². The summed E-state index contributed by atoms with van der Waals surface area (Å²) in [7, 11) is 0. The van der Waals surface area contributed by atoms with E-state index in [-0.39, 0.29) is 35.8 Å². The predicted octanol–water partition coefficient (Wildman–Crippen LogP) is 3.54. The van der Waals surface area contributed by atoms with Gasteiger partial charge in [0.2, 0.25) is 5.91 Å². The van der Waals surface area contributed by atoms with E-state index in [9.17, 15) is 19.8 Å². The van der Waals surface area contributed by atoms with Crippen LogP contribution < -0.4 is 5.32 Å². The van der Waals surface area contributed by atoms with Gasteiger partial charge in [-0.2, -0.15) is 0 Å². The molecule has 0 saturated carbocycles. The van der Waals surface area contributed by atoms with Gasteiger partial charge in [-0.3, -0.25) is 4.79 Å². The first-order valence-electron chi connectivity index (χ1n) is 8.21. The molecule has 0 saturated heterocycles. The van der Waals surface area contributed by atoms with Crippen LogP contribution in [0.2, 0.25) is 0 Å². The highest BCUT2D eigenvalue weighted by Crippen LogP contribution is 2.28. The van der Waals surface area contributed by atoms with Gasteiger partial charge in [-0.25, -0.2) is 4.79 Å². The Balaban J connectivity index is 2.05. The second-order valence-corrected chi connectivity index (χ2v) is 6.97. The zero-order valence-electron chi connectivity index (χ0n) is 15.1. The zero-order valence-corrected chi connectivity index (χ0v) is 15.1. The quantitative estimate of drug-likeness (QED) is 0.687. The zero-order chi connectivity index (χ0) is 19.3. The maximum atomic E-state index is 12.0. The van der Waals surface area contributed by atoms with E-state index in [4.69, 9.17) is 4.74 Å². The van der Waals surface area contributed by atoms with Crippen molar-refractivity contribution in [1.29, 1.82) is 0 Å². The second-order valence-electron chi connectivity index (χ2n) is 6.97. The number of aromatic hydroxyl groups is 1. The highest BCUT2D eigenvalue weighted by Gasteiger charge is 2.22. The van der Waals surface area contributed by atoms with Gasteiger partial charge in [-0.1, -0.05) is 32.9 Å².